The minimum Gasteiger partial charge on any atom is -0.490 e. The summed E-state index contributed by atoms with van der Waals surface area (Å²) in [5.41, 5.74) is 3.53. The van der Waals surface area contributed by atoms with E-state index in [1.54, 1.807) is 18.1 Å². The van der Waals surface area contributed by atoms with Gasteiger partial charge in [-0.05, 0) is 58.4 Å². The number of anilines is 1. The fourth-order valence-corrected chi connectivity index (χ4v) is 13.2. The average Bonchev–Trinajstić information content (AvgIpc) is 3.05. The van der Waals surface area contributed by atoms with Gasteiger partial charge in [-0.2, -0.15) is 0 Å². The number of carbonyl (C=O) groups excluding carboxylic acids is 1. The molecule has 264 valence electrons. The maximum absolute atomic E-state index is 12.8. The van der Waals surface area contributed by atoms with Crippen LogP contribution >= 0.6 is 0 Å². The van der Waals surface area contributed by atoms with E-state index in [0.717, 1.165) is 16.9 Å². The van der Waals surface area contributed by atoms with Crippen LogP contribution in [-0.4, -0.2) is 89.1 Å². The monoisotopic (exact) mass is 682 g/mol. The maximum atomic E-state index is 12.8. The van der Waals surface area contributed by atoms with Gasteiger partial charge in [-0.15, -0.1) is 0 Å². The molecule has 1 N–H and O–H groups in total. The highest BCUT2D eigenvalue weighted by atomic mass is 28.4. The molecule has 10 nitrogen and oxygen atoms in total. The Kier molecular flexibility index (Phi) is 13.1. The van der Waals surface area contributed by atoms with Crippen molar-refractivity contribution in [3.05, 3.63) is 66.2 Å². The molecule has 2 aliphatic rings. The number of hydrogen-bond acceptors (Lipinski definition) is 7. The second-order valence-electron chi connectivity index (χ2n) is 13.7. The average molecular weight is 683 g/mol. The third-order valence-corrected chi connectivity index (χ3v) is 15.9. The first-order chi connectivity index (χ1) is 22.9. The molecule has 0 spiro atoms. The van der Waals surface area contributed by atoms with Crippen LogP contribution in [-0.2, 0) is 25.3 Å². The van der Waals surface area contributed by atoms with Gasteiger partial charge in [-0.1, -0.05) is 72.4 Å². The van der Waals surface area contributed by atoms with Crippen LogP contribution in [0.1, 0.15) is 65.0 Å². The number of fused-ring (bicyclic) bond motifs is 1. The minimum absolute atomic E-state index is 0.00263. The van der Waals surface area contributed by atoms with Gasteiger partial charge in [0.1, 0.15) is 18.1 Å². The number of ether oxygens (including phenoxy) is 4. The van der Waals surface area contributed by atoms with Gasteiger partial charge in [0.05, 0.1) is 31.0 Å². The second-order valence-corrected chi connectivity index (χ2v) is 19.1. The van der Waals surface area contributed by atoms with Gasteiger partial charge in [0, 0.05) is 32.7 Å². The number of piperidine rings is 1. The largest absolute Gasteiger partial charge is 0.490 e. The Morgan fingerprint density at radius 3 is 2.31 bits per heavy atom. The lowest BCUT2D eigenvalue weighted by atomic mass is 9.84. The molecule has 3 atom stereocenters. The summed E-state index contributed by atoms with van der Waals surface area (Å²) in [6.07, 6.45) is 0.503. The first-order valence-electron chi connectivity index (χ1n) is 17.1. The smallest absolute Gasteiger partial charge is 0.407 e. The summed E-state index contributed by atoms with van der Waals surface area (Å²) in [5, 5.41) is 10.3. The Balaban J connectivity index is 1.70. The van der Waals surface area contributed by atoms with Crippen molar-refractivity contribution >= 4 is 26.0 Å². The Morgan fingerprint density at radius 2 is 1.71 bits per heavy atom. The molecular formula is C37H54N2O8Si. The van der Waals surface area contributed by atoms with Gasteiger partial charge in [0.15, 0.2) is 6.61 Å². The molecule has 2 amide bonds. The van der Waals surface area contributed by atoms with E-state index in [2.05, 4.69) is 48.1 Å². The summed E-state index contributed by atoms with van der Waals surface area (Å²) in [7, 11) is -0.770. The second kappa shape index (κ2) is 16.8. The van der Waals surface area contributed by atoms with E-state index in [1.165, 1.54) is 4.90 Å². The molecule has 1 saturated heterocycles. The normalized spacial score (nSPS) is 19.9. The number of hydrogen-bond donors (Lipinski definition) is 1. The fourth-order valence-electron chi connectivity index (χ4n) is 7.59. The van der Waals surface area contributed by atoms with Crippen molar-refractivity contribution in [2.75, 3.05) is 51.5 Å². The van der Waals surface area contributed by atoms with Crippen molar-refractivity contribution in [3.8, 4) is 11.5 Å². The third-order valence-electron chi connectivity index (χ3n) is 9.73. The Labute approximate surface area is 287 Å². The zero-order valence-corrected chi connectivity index (χ0v) is 30.6. The topological polar surface area (TPSA) is 107 Å². The van der Waals surface area contributed by atoms with E-state index in [1.807, 2.05) is 42.5 Å². The highest BCUT2D eigenvalue weighted by Gasteiger charge is 2.51. The number of nitrogens with zero attached hydrogens (tertiary/aromatic N) is 2. The van der Waals surface area contributed by atoms with E-state index in [-0.39, 0.29) is 38.1 Å². The van der Waals surface area contributed by atoms with Crippen LogP contribution in [0.2, 0.25) is 16.6 Å². The summed E-state index contributed by atoms with van der Waals surface area (Å²) in [6, 6.07) is 13.7. The molecule has 48 heavy (non-hydrogen) atoms. The molecule has 3 unspecified atom stereocenters. The predicted octanol–water partition coefficient (Wildman–Crippen LogP) is 7.24. The number of rotatable bonds is 16. The number of methoxy groups -OCH3 is 1. The van der Waals surface area contributed by atoms with Crippen molar-refractivity contribution in [3.63, 3.8) is 0 Å². The standard InChI is InChI=1S/C37H54N2O8Si/c1-9-18-44-30-14-12-29(13-15-30)36-33(21-38(37(41)42)22-34(36)47-48(25(2)3,26(4)5)27(6)7)45-23-28-11-16-32-31(20-28)39(17-10-19-43-8)35(40)24-46-32/h9,11-16,20,25-27,33-34,36H,1,10,17-19,21-24H2,2-8H3,(H,41,42). The lowest BCUT2D eigenvalue weighted by Crippen LogP contribution is -2.59. The van der Waals surface area contributed by atoms with Crippen LogP contribution in [0.5, 0.6) is 11.5 Å². The van der Waals surface area contributed by atoms with Gasteiger partial charge in [0.2, 0.25) is 8.32 Å². The molecule has 2 aromatic rings. The quantitative estimate of drug-likeness (QED) is 0.112. The van der Waals surface area contributed by atoms with Crippen LogP contribution < -0.4 is 14.4 Å². The summed E-state index contributed by atoms with van der Waals surface area (Å²) in [4.78, 5) is 28.5. The van der Waals surface area contributed by atoms with Gasteiger partial charge < -0.3 is 38.3 Å². The Morgan fingerprint density at radius 1 is 1.04 bits per heavy atom. The molecule has 2 aromatic carbocycles. The van der Waals surface area contributed by atoms with Crippen molar-refractivity contribution in [2.45, 2.75) is 89.3 Å². The Bertz CT molecular complexity index is 1360. The number of benzene rings is 2. The van der Waals surface area contributed by atoms with Crippen molar-refractivity contribution in [1.82, 2.24) is 4.90 Å². The van der Waals surface area contributed by atoms with E-state index in [9.17, 15) is 14.7 Å². The van der Waals surface area contributed by atoms with Gasteiger partial charge >= 0.3 is 6.09 Å². The van der Waals surface area contributed by atoms with Crippen LogP contribution in [0, 0.1) is 0 Å². The van der Waals surface area contributed by atoms with E-state index in [0.29, 0.717) is 54.2 Å². The van der Waals surface area contributed by atoms with Crippen molar-refractivity contribution in [2.24, 2.45) is 0 Å². The first-order valence-corrected chi connectivity index (χ1v) is 19.2. The lowest BCUT2D eigenvalue weighted by molar-refractivity contribution is -0.121. The van der Waals surface area contributed by atoms with Crippen LogP contribution in [0.15, 0.2) is 55.1 Å². The third kappa shape index (κ3) is 8.42. The van der Waals surface area contributed by atoms with E-state index >= 15 is 0 Å². The van der Waals surface area contributed by atoms with Crippen LogP contribution in [0.25, 0.3) is 0 Å². The van der Waals surface area contributed by atoms with E-state index in [4.69, 9.17) is 23.4 Å². The molecule has 2 heterocycles. The zero-order valence-electron chi connectivity index (χ0n) is 29.6. The molecule has 0 radical (unpaired) electrons. The van der Waals surface area contributed by atoms with Gasteiger partial charge in [-0.25, -0.2) is 4.79 Å². The molecule has 0 aromatic heterocycles. The lowest BCUT2D eigenvalue weighted by Gasteiger charge is -2.50. The van der Waals surface area contributed by atoms with Gasteiger partial charge in [0.25, 0.3) is 5.91 Å². The van der Waals surface area contributed by atoms with E-state index < -0.39 is 26.6 Å². The highest BCUT2D eigenvalue weighted by Crippen LogP contribution is 2.46. The van der Waals surface area contributed by atoms with Gasteiger partial charge in [-0.3, -0.25) is 4.79 Å². The molecular weight excluding hydrogens is 628 g/mol. The fraction of sp³-hybridized carbons (Fsp3) is 0.568. The Hall–Kier alpha value is -3.38. The molecule has 1 fully saturated rings. The molecule has 0 bridgehead atoms. The number of amides is 2. The molecule has 2 aliphatic heterocycles. The van der Waals surface area contributed by atoms with Crippen LogP contribution in [0.3, 0.4) is 0 Å². The number of likely N-dealkylation sites (tertiary alicyclic amines) is 1. The molecule has 11 heteroatoms. The minimum atomic E-state index is -2.42. The number of carboxylic acid groups (broad SMARTS) is 1. The highest BCUT2D eigenvalue weighted by molar-refractivity contribution is 6.77. The first kappa shape index (κ1) is 37.4. The molecule has 0 saturated carbocycles. The predicted molar refractivity (Wildman–Crippen MR) is 190 cm³/mol. The SMILES string of the molecule is C=CCOc1ccc(C2C(OCc3ccc4c(c3)N(CCCOC)C(=O)CO4)CN(C(=O)O)CC2O[Si](C(C)C)(C(C)C)C(C)C)cc1. The van der Waals surface area contributed by atoms with Crippen molar-refractivity contribution in [1.29, 1.82) is 0 Å². The van der Waals surface area contributed by atoms with Crippen molar-refractivity contribution < 1.29 is 38.1 Å². The summed E-state index contributed by atoms with van der Waals surface area (Å²) >= 11 is 0. The maximum Gasteiger partial charge on any atom is 0.407 e. The zero-order chi connectivity index (χ0) is 35.0. The summed E-state index contributed by atoms with van der Waals surface area (Å²) in [5.74, 6) is 1.04. The number of carbonyl (C=O) groups is 2. The molecule has 4 rings (SSSR count). The summed E-state index contributed by atoms with van der Waals surface area (Å²) in [6.45, 7) is 19.3. The molecule has 0 aliphatic carbocycles. The van der Waals surface area contributed by atoms with Crippen LogP contribution in [0.4, 0.5) is 10.5 Å². The summed E-state index contributed by atoms with van der Waals surface area (Å²) < 4.78 is 30.8.